The molecule has 8 nitrogen and oxygen atoms in total. The summed E-state index contributed by atoms with van der Waals surface area (Å²) in [6, 6.07) is 32.3. The second-order valence-corrected chi connectivity index (χ2v) is 13.0. The van der Waals surface area contributed by atoms with Gasteiger partial charge in [0.15, 0.2) is 18.7 Å². The molecule has 7 rings (SSSR count). The lowest BCUT2D eigenvalue weighted by molar-refractivity contribution is 0.0443. The van der Waals surface area contributed by atoms with Crippen molar-refractivity contribution in [2.45, 2.75) is 6.42 Å². The van der Waals surface area contributed by atoms with Gasteiger partial charge in [0.25, 0.3) is 0 Å². The number of carbonyl (C=O) groups excluding carboxylic acids is 4. The Hall–Kier alpha value is -5.59. The molecular weight excluding hydrogens is 579 g/mol. The average molecular weight is 601 g/mol. The van der Waals surface area contributed by atoms with Crippen LogP contribution in [0.3, 0.4) is 0 Å². The zero-order valence-corrected chi connectivity index (χ0v) is 23.8. The third-order valence-electron chi connectivity index (χ3n) is 7.52. The number of cyclic esters (lactones) is 2. The Morgan fingerprint density at radius 1 is 0.477 bits per heavy atom. The number of benzene rings is 5. The van der Waals surface area contributed by atoms with Crippen LogP contribution in [-0.2, 0) is 9.30 Å². The molecule has 0 fully saturated rings. The van der Waals surface area contributed by atoms with Crippen LogP contribution in [0.2, 0.25) is 0 Å². The molecule has 0 bridgehead atoms. The zero-order chi connectivity index (χ0) is 30.4. The third kappa shape index (κ3) is 4.71. The van der Waals surface area contributed by atoms with Gasteiger partial charge in [-0.1, -0.05) is 30.3 Å². The lowest BCUT2D eigenvalue weighted by Crippen LogP contribution is -2.24. The number of hydrogen-bond donors (Lipinski definition) is 0. The van der Waals surface area contributed by atoms with E-state index < -0.39 is 19.1 Å². The van der Waals surface area contributed by atoms with Crippen LogP contribution in [0.1, 0.15) is 47.9 Å². The molecule has 214 valence electrons. The van der Waals surface area contributed by atoms with Crippen molar-refractivity contribution in [3.63, 3.8) is 0 Å². The lowest BCUT2D eigenvalue weighted by atomic mass is 10.1. The zero-order valence-electron chi connectivity index (χ0n) is 22.9. The molecule has 5 aromatic rings. The van der Waals surface area contributed by atoms with E-state index in [2.05, 4.69) is 4.74 Å². The second kappa shape index (κ2) is 10.6. The van der Waals surface area contributed by atoms with Gasteiger partial charge in [0.05, 0.1) is 17.5 Å². The van der Waals surface area contributed by atoms with Crippen LogP contribution < -0.4 is 25.4 Å². The summed E-state index contributed by atoms with van der Waals surface area (Å²) < 4.78 is 31.4. The quantitative estimate of drug-likeness (QED) is 0.127. The van der Waals surface area contributed by atoms with Crippen LogP contribution in [0.4, 0.5) is 0 Å². The summed E-state index contributed by atoms with van der Waals surface area (Å²) >= 11 is 0. The van der Waals surface area contributed by atoms with Crippen molar-refractivity contribution in [3.8, 4) is 23.0 Å². The first-order chi connectivity index (χ1) is 21.3. The van der Waals surface area contributed by atoms with Gasteiger partial charge in [-0.15, -0.1) is 0 Å². The van der Waals surface area contributed by atoms with E-state index >= 15 is 0 Å². The molecule has 0 N–H and O–H groups in total. The maximum Gasteiger partial charge on any atom is 0.347 e. The summed E-state index contributed by atoms with van der Waals surface area (Å²) in [5.41, 5.74) is 1.10. The van der Waals surface area contributed by atoms with E-state index in [1.165, 1.54) is 12.1 Å². The van der Waals surface area contributed by atoms with Crippen molar-refractivity contribution < 1.29 is 38.0 Å². The van der Waals surface area contributed by atoms with Crippen LogP contribution in [0.5, 0.6) is 23.0 Å². The van der Waals surface area contributed by atoms with Crippen molar-refractivity contribution in [3.05, 3.63) is 138 Å². The van der Waals surface area contributed by atoms with Crippen molar-refractivity contribution in [2.75, 3.05) is 0 Å². The molecule has 0 spiro atoms. The average Bonchev–Trinajstić information content (AvgIpc) is 3.49. The molecule has 0 aromatic heterocycles. The number of carbonyl (C=O) groups is 4. The molecule has 1 heterocycles. The van der Waals surface area contributed by atoms with Gasteiger partial charge in [0.2, 0.25) is 0 Å². The van der Waals surface area contributed by atoms with Gasteiger partial charge in [0, 0.05) is 27.0 Å². The molecule has 0 radical (unpaired) electrons. The smallest absolute Gasteiger partial charge is 0.347 e. The predicted molar refractivity (Wildman–Crippen MR) is 162 cm³/mol. The topological polar surface area (TPSA) is 113 Å². The van der Waals surface area contributed by atoms with Crippen molar-refractivity contribution in [2.24, 2.45) is 0 Å². The van der Waals surface area contributed by atoms with E-state index in [9.17, 15) is 23.7 Å². The monoisotopic (exact) mass is 600 g/mol. The highest BCUT2D eigenvalue weighted by Crippen LogP contribution is 2.43. The maximum atomic E-state index is 14.9. The van der Waals surface area contributed by atoms with Gasteiger partial charge in [-0.3, -0.25) is 9.59 Å². The predicted octanol–water partition coefficient (Wildman–Crippen LogP) is 5.99. The van der Waals surface area contributed by atoms with Crippen molar-refractivity contribution >= 4 is 46.6 Å². The maximum absolute atomic E-state index is 14.9. The van der Waals surface area contributed by atoms with Gasteiger partial charge < -0.3 is 18.8 Å². The Morgan fingerprint density at radius 2 is 0.932 bits per heavy atom. The standard InChI is InChI=1S/C35H21O8P/c36-32-20-33(37)30-18-23(10-16-28(30)32)41-21-6-12-26(13-7-21)44(40,25-4-2-1-3-5-25)27-14-8-22(9-15-27)42-24-11-17-29-31(19-24)35(39)43-34(29)38/h1-19H,20H2. The number of ketones is 2. The second-order valence-electron chi connectivity index (χ2n) is 10.3. The van der Waals surface area contributed by atoms with Crippen LogP contribution in [0, 0.1) is 0 Å². The minimum atomic E-state index is -3.33. The van der Waals surface area contributed by atoms with E-state index in [0.29, 0.717) is 50.0 Å². The molecule has 1 atom stereocenters. The SMILES string of the molecule is O=C1CC(=O)c2cc(Oc3ccc(P(=O)(c4ccccc4)c4ccc(Oc5ccc6c(c5)C(=O)OC6=O)cc4)cc3)ccc21. The van der Waals surface area contributed by atoms with Crippen molar-refractivity contribution in [1.82, 2.24) is 0 Å². The number of hydrogen-bond acceptors (Lipinski definition) is 8. The number of fused-ring (bicyclic) bond motifs is 2. The fourth-order valence-electron chi connectivity index (χ4n) is 5.33. The molecule has 9 heteroatoms. The molecule has 1 aliphatic carbocycles. The van der Waals surface area contributed by atoms with E-state index in [1.807, 2.05) is 30.3 Å². The molecule has 1 unspecified atom stereocenters. The largest absolute Gasteiger partial charge is 0.457 e. The Morgan fingerprint density at radius 3 is 1.52 bits per heavy atom. The van der Waals surface area contributed by atoms with Crippen molar-refractivity contribution in [1.29, 1.82) is 0 Å². The number of Topliss-reactive ketones (excluding diaryl/α,β-unsaturated/α-hetero) is 2. The fourth-order valence-corrected chi connectivity index (χ4v) is 7.95. The highest BCUT2D eigenvalue weighted by Gasteiger charge is 2.32. The molecular formula is C35H21O8P. The first kappa shape index (κ1) is 27.3. The molecule has 0 saturated heterocycles. The highest BCUT2D eigenvalue weighted by atomic mass is 31.2. The molecule has 0 saturated carbocycles. The molecule has 2 aliphatic rings. The molecule has 0 amide bonds. The van der Waals surface area contributed by atoms with Crippen LogP contribution in [-0.4, -0.2) is 23.5 Å². The van der Waals surface area contributed by atoms with Crippen LogP contribution in [0.15, 0.2) is 115 Å². The van der Waals surface area contributed by atoms with Crippen LogP contribution >= 0.6 is 7.14 Å². The van der Waals surface area contributed by atoms with Gasteiger partial charge in [-0.25, -0.2) is 9.59 Å². The first-order valence-corrected chi connectivity index (χ1v) is 15.3. The summed E-state index contributed by atoms with van der Waals surface area (Å²) in [5, 5.41) is 1.81. The Kier molecular flexibility index (Phi) is 6.56. The molecule has 44 heavy (non-hydrogen) atoms. The van der Waals surface area contributed by atoms with E-state index in [1.54, 1.807) is 72.8 Å². The molecule has 5 aromatic carbocycles. The summed E-state index contributed by atoms with van der Waals surface area (Å²) in [7, 11) is -3.33. The normalized spacial score (nSPS) is 14.9. The van der Waals surface area contributed by atoms with Gasteiger partial charge in [-0.05, 0) is 84.9 Å². The third-order valence-corrected chi connectivity index (χ3v) is 10.6. The molecule has 1 aliphatic heterocycles. The Bertz CT molecular complexity index is 1920. The Labute approximate surface area is 251 Å². The number of esters is 2. The van der Waals surface area contributed by atoms with Gasteiger partial charge >= 0.3 is 11.9 Å². The fraction of sp³-hybridized carbons (Fsp3) is 0.0286. The first-order valence-electron chi connectivity index (χ1n) is 13.6. The van der Waals surface area contributed by atoms with E-state index in [4.69, 9.17) is 9.47 Å². The summed E-state index contributed by atoms with van der Waals surface area (Å²) in [6.07, 6.45) is -0.123. The van der Waals surface area contributed by atoms with E-state index in [0.717, 1.165) is 0 Å². The minimum Gasteiger partial charge on any atom is -0.457 e. The Balaban J connectivity index is 1.16. The number of ether oxygens (including phenoxy) is 3. The summed E-state index contributed by atoms with van der Waals surface area (Å²) in [6.45, 7) is 0. The van der Waals surface area contributed by atoms with Gasteiger partial charge in [0.1, 0.15) is 23.0 Å². The summed E-state index contributed by atoms with van der Waals surface area (Å²) in [5.74, 6) is -0.112. The van der Waals surface area contributed by atoms with Crippen LogP contribution in [0.25, 0.3) is 0 Å². The minimum absolute atomic E-state index is 0.123. The highest BCUT2D eigenvalue weighted by molar-refractivity contribution is 7.85. The number of rotatable bonds is 7. The van der Waals surface area contributed by atoms with E-state index in [-0.39, 0.29) is 29.1 Å². The summed E-state index contributed by atoms with van der Waals surface area (Å²) in [4.78, 5) is 47.7. The lowest BCUT2D eigenvalue weighted by Gasteiger charge is -2.20. The van der Waals surface area contributed by atoms with Gasteiger partial charge in [-0.2, -0.15) is 0 Å².